The predicted octanol–water partition coefficient (Wildman–Crippen LogP) is 2.29. The lowest BCUT2D eigenvalue weighted by atomic mass is 10.3. The summed E-state index contributed by atoms with van der Waals surface area (Å²) in [5, 5.41) is 7.35. The minimum absolute atomic E-state index is 0.0327. The Morgan fingerprint density at radius 3 is 2.50 bits per heavy atom. The number of aromatic nitrogens is 3. The van der Waals surface area contributed by atoms with Gasteiger partial charge in [0.1, 0.15) is 6.54 Å². The van der Waals surface area contributed by atoms with E-state index in [1.54, 1.807) is 23.0 Å². The van der Waals surface area contributed by atoms with Crippen molar-refractivity contribution in [2.24, 2.45) is 0 Å². The minimum atomic E-state index is -0.262. The first-order valence-electron chi connectivity index (χ1n) is 7.63. The smallest absolute Gasteiger partial charge is 0.250 e. The van der Waals surface area contributed by atoms with Gasteiger partial charge in [0.05, 0.1) is 22.8 Å². The van der Waals surface area contributed by atoms with E-state index < -0.39 is 0 Å². The molecule has 24 heavy (non-hydrogen) atoms. The van der Waals surface area contributed by atoms with Gasteiger partial charge in [0.2, 0.25) is 5.91 Å². The summed E-state index contributed by atoms with van der Waals surface area (Å²) in [6, 6.07) is 14.5. The molecular formula is C18H18N4O2. The molecule has 3 aromatic rings. The van der Waals surface area contributed by atoms with Gasteiger partial charge < -0.3 is 9.88 Å². The summed E-state index contributed by atoms with van der Waals surface area (Å²) in [6.45, 7) is 3.71. The number of anilines is 1. The van der Waals surface area contributed by atoms with E-state index in [-0.39, 0.29) is 18.0 Å². The molecule has 1 amide bonds. The molecule has 1 N–H and O–H groups in total. The highest BCUT2D eigenvalue weighted by molar-refractivity contribution is 5.91. The zero-order valence-corrected chi connectivity index (χ0v) is 13.6. The Balaban J connectivity index is 1.83. The summed E-state index contributed by atoms with van der Waals surface area (Å²) >= 11 is 0. The van der Waals surface area contributed by atoms with Crippen molar-refractivity contribution >= 4 is 11.6 Å². The van der Waals surface area contributed by atoms with E-state index in [1.165, 1.54) is 10.6 Å². The van der Waals surface area contributed by atoms with Crippen molar-refractivity contribution in [1.82, 2.24) is 14.3 Å². The van der Waals surface area contributed by atoms with Crippen molar-refractivity contribution in [2.75, 3.05) is 5.32 Å². The van der Waals surface area contributed by atoms with E-state index in [0.717, 1.165) is 17.1 Å². The molecule has 2 heterocycles. The van der Waals surface area contributed by atoms with Crippen molar-refractivity contribution in [3.8, 4) is 5.69 Å². The Morgan fingerprint density at radius 2 is 1.79 bits per heavy atom. The van der Waals surface area contributed by atoms with Crippen molar-refractivity contribution in [1.29, 1.82) is 0 Å². The molecule has 6 nitrogen and oxygen atoms in total. The Kier molecular flexibility index (Phi) is 4.29. The number of carbonyl (C=O) groups is 1. The third kappa shape index (κ3) is 3.12. The van der Waals surface area contributed by atoms with Crippen LogP contribution < -0.4 is 10.9 Å². The van der Waals surface area contributed by atoms with E-state index in [1.807, 2.05) is 44.2 Å². The van der Waals surface area contributed by atoms with Crippen LogP contribution in [0.3, 0.4) is 0 Å². The second-order valence-electron chi connectivity index (χ2n) is 5.51. The lowest BCUT2D eigenvalue weighted by Crippen LogP contribution is -2.26. The van der Waals surface area contributed by atoms with Crippen LogP contribution >= 0.6 is 0 Å². The topological polar surface area (TPSA) is 68.9 Å². The zero-order valence-electron chi connectivity index (χ0n) is 13.6. The van der Waals surface area contributed by atoms with Gasteiger partial charge in [-0.3, -0.25) is 9.59 Å². The van der Waals surface area contributed by atoms with Gasteiger partial charge in [0.25, 0.3) is 5.56 Å². The quantitative estimate of drug-likeness (QED) is 0.801. The van der Waals surface area contributed by atoms with E-state index in [0.29, 0.717) is 5.69 Å². The maximum atomic E-state index is 12.3. The highest BCUT2D eigenvalue weighted by Gasteiger charge is 2.15. The van der Waals surface area contributed by atoms with Crippen LogP contribution in [0.4, 0.5) is 5.69 Å². The molecule has 0 aliphatic carbocycles. The number of aryl methyl sites for hydroxylation is 1. The van der Waals surface area contributed by atoms with Crippen LogP contribution in [-0.4, -0.2) is 20.3 Å². The van der Waals surface area contributed by atoms with Crippen LogP contribution in [0, 0.1) is 13.8 Å². The fourth-order valence-electron chi connectivity index (χ4n) is 2.57. The molecule has 3 rings (SSSR count). The van der Waals surface area contributed by atoms with E-state index >= 15 is 0 Å². The first-order chi connectivity index (χ1) is 11.6. The van der Waals surface area contributed by atoms with Gasteiger partial charge in [-0.25, -0.2) is 4.68 Å². The summed E-state index contributed by atoms with van der Waals surface area (Å²) < 4.78 is 3.15. The highest BCUT2D eigenvalue weighted by atomic mass is 16.2. The molecule has 0 bridgehead atoms. The van der Waals surface area contributed by atoms with Crippen molar-refractivity contribution in [3.05, 3.63) is 76.5 Å². The average molecular weight is 322 g/mol. The van der Waals surface area contributed by atoms with E-state index in [4.69, 9.17) is 0 Å². The number of carbonyl (C=O) groups excluding carboxylic acids is 1. The molecule has 0 saturated carbocycles. The third-order valence-electron chi connectivity index (χ3n) is 3.77. The Bertz CT molecular complexity index is 926. The summed E-state index contributed by atoms with van der Waals surface area (Å²) in [7, 11) is 0. The van der Waals surface area contributed by atoms with Gasteiger partial charge in [-0.1, -0.05) is 24.3 Å². The molecule has 0 fully saturated rings. The van der Waals surface area contributed by atoms with Crippen LogP contribution in [0.15, 0.2) is 59.5 Å². The molecule has 0 saturated heterocycles. The van der Waals surface area contributed by atoms with Crippen molar-refractivity contribution < 1.29 is 4.79 Å². The molecular weight excluding hydrogens is 304 g/mol. The number of hydrogen-bond acceptors (Lipinski definition) is 3. The molecule has 1 aromatic carbocycles. The fraction of sp³-hybridized carbons (Fsp3) is 0.167. The standard InChI is InChI=1S/C18H18N4O2/c1-13-18(14(2)22(20-13)15-8-4-3-5-9-15)19-16(23)12-21-11-7-6-10-17(21)24/h3-11H,12H2,1-2H3,(H,19,23). The first-order valence-corrected chi connectivity index (χ1v) is 7.63. The zero-order chi connectivity index (χ0) is 17.1. The maximum Gasteiger partial charge on any atom is 0.250 e. The number of hydrogen-bond donors (Lipinski definition) is 1. The minimum Gasteiger partial charge on any atom is -0.321 e. The van der Waals surface area contributed by atoms with Crippen LogP contribution in [-0.2, 0) is 11.3 Å². The second-order valence-corrected chi connectivity index (χ2v) is 5.51. The Labute approximate surface area is 139 Å². The van der Waals surface area contributed by atoms with Gasteiger partial charge >= 0.3 is 0 Å². The van der Waals surface area contributed by atoms with Crippen LogP contribution in [0.25, 0.3) is 5.69 Å². The first kappa shape index (κ1) is 15.7. The molecule has 0 spiro atoms. The monoisotopic (exact) mass is 322 g/mol. The molecule has 0 atom stereocenters. The molecule has 2 aromatic heterocycles. The molecule has 0 aliphatic rings. The average Bonchev–Trinajstić information content (AvgIpc) is 2.86. The Hall–Kier alpha value is -3.15. The number of benzene rings is 1. The summed E-state index contributed by atoms with van der Waals surface area (Å²) in [4.78, 5) is 24.0. The molecule has 0 radical (unpaired) electrons. The van der Waals surface area contributed by atoms with Gasteiger partial charge in [-0.2, -0.15) is 5.10 Å². The number of nitrogens with one attached hydrogen (secondary N) is 1. The lowest BCUT2D eigenvalue weighted by molar-refractivity contribution is -0.116. The Morgan fingerprint density at radius 1 is 1.08 bits per heavy atom. The third-order valence-corrected chi connectivity index (χ3v) is 3.77. The second kappa shape index (κ2) is 6.54. The maximum absolute atomic E-state index is 12.3. The molecule has 122 valence electrons. The fourth-order valence-corrected chi connectivity index (χ4v) is 2.57. The van der Waals surface area contributed by atoms with E-state index in [9.17, 15) is 9.59 Å². The van der Waals surface area contributed by atoms with Gasteiger partial charge in [-0.15, -0.1) is 0 Å². The number of nitrogens with zero attached hydrogens (tertiary/aromatic N) is 3. The normalized spacial score (nSPS) is 10.6. The van der Waals surface area contributed by atoms with E-state index in [2.05, 4.69) is 10.4 Å². The van der Waals surface area contributed by atoms with Crippen LogP contribution in [0.5, 0.6) is 0 Å². The summed E-state index contributed by atoms with van der Waals surface area (Å²) in [5.74, 6) is -0.262. The molecule has 6 heteroatoms. The number of amides is 1. The highest BCUT2D eigenvalue weighted by Crippen LogP contribution is 2.22. The van der Waals surface area contributed by atoms with Gasteiger partial charge in [-0.05, 0) is 32.0 Å². The van der Waals surface area contributed by atoms with Crippen molar-refractivity contribution in [2.45, 2.75) is 20.4 Å². The van der Waals surface area contributed by atoms with Gasteiger partial charge in [0.15, 0.2) is 0 Å². The molecule has 0 aliphatic heterocycles. The van der Waals surface area contributed by atoms with Crippen LogP contribution in [0.2, 0.25) is 0 Å². The number of rotatable bonds is 4. The lowest BCUT2D eigenvalue weighted by Gasteiger charge is -2.08. The predicted molar refractivity (Wildman–Crippen MR) is 92.4 cm³/mol. The van der Waals surface area contributed by atoms with Crippen LogP contribution in [0.1, 0.15) is 11.4 Å². The van der Waals surface area contributed by atoms with Crippen molar-refractivity contribution in [3.63, 3.8) is 0 Å². The SMILES string of the molecule is Cc1nn(-c2ccccc2)c(C)c1NC(=O)Cn1ccccc1=O. The van der Waals surface area contributed by atoms with Gasteiger partial charge in [0, 0.05) is 12.3 Å². The summed E-state index contributed by atoms with van der Waals surface area (Å²) in [6.07, 6.45) is 1.59. The number of pyridine rings is 1. The number of para-hydroxylation sites is 1. The largest absolute Gasteiger partial charge is 0.321 e. The molecule has 0 unspecified atom stereocenters. The summed E-state index contributed by atoms with van der Waals surface area (Å²) in [5.41, 5.74) is 2.96.